The molecule has 1 N–H and O–H groups in total. The zero-order valence-electron chi connectivity index (χ0n) is 11.1. The van der Waals surface area contributed by atoms with Gasteiger partial charge in [-0.05, 0) is 31.8 Å². The van der Waals surface area contributed by atoms with Crippen molar-refractivity contribution >= 4 is 12.1 Å². The molecule has 0 heterocycles. The van der Waals surface area contributed by atoms with Gasteiger partial charge in [0.05, 0.1) is 6.54 Å². The highest BCUT2D eigenvalue weighted by Gasteiger charge is 2.11. The summed E-state index contributed by atoms with van der Waals surface area (Å²) in [6.45, 7) is 6.35. The smallest absolute Gasteiger partial charge is 0.254 e. The minimum Gasteiger partial charge on any atom is -0.295 e. The van der Waals surface area contributed by atoms with Gasteiger partial charge in [0, 0.05) is 6.21 Å². The number of rotatable bonds is 6. The largest absolute Gasteiger partial charge is 0.295 e. The number of likely N-dealkylation sites (N-methyl/N-ethyl adjacent to an activating group) is 1. The number of carbonyl (C=O) groups is 1. The minimum absolute atomic E-state index is 0.0132. The van der Waals surface area contributed by atoms with Crippen LogP contribution in [-0.4, -0.2) is 36.7 Å². The van der Waals surface area contributed by atoms with Crippen molar-refractivity contribution in [2.75, 3.05) is 19.6 Å². The molecule has 0 spiro atoms. The Balaban J connectivity index is 2.19. The molecule has 1 aliphatic carbocycles. The van der Waals surface area contributed by atoms with Gasteiger partial charge in [-0.3, -0.25) is 9.69 Å². The van der Waals surface area contributed by atoms with E-state index in [1.54, 1.807) is 0 Å². The van der Waals surface area contributed by atoms with Gasteiger partial charge in [-0.15, -0.1) is 0 Å². The van der Waals surface area contributed by atoms with Crippen LogP contribution in [0.1, 0.15) is 46.0 Å². The Kier molecular flexibility index (Phi) is 6.86. The molecular formula is C13H25N3O. The average molecular weight is 239 g/mol. The minimum atomic E-state index is -0.0132. The quantitative estimate of drug-likeness (QED) is 0.569. The molecule has 98 valence electrons. The number of amides is 1. The maximum Gasteiger partial charge on any atom is 0.254 e. The molecule has 1 amide bonds. The van der Waals surface area contributed by atoms with E-state index in [1.807, 2.05) is 6.21 Å². The molecule has 4 heteroatoms. The summed E-state index contributed by atoms with van der Waals surface area (Å²) in [4.78, 5) is 13.6. The van der Waals surface area contributed by atoms with E-state index >= 15 is 0 Å². The number of carbonyl (C=O) groups excluding carboxylic acids is 1. The van der Waals surface area contributed by atoms with Crippen molar-refractivity contribution in [2.45, 2.75) is 46.0 Å². The normalized spacial score (nSPS) is 17.8. The molecule has 17 heavy (non-hydrogen) atoms. The molecule has 0 aliphatic heterocycles. The zero-order valence-corrected chi connectivity index (χ0v) is 11.1. The monoisotopic (exact) mass is 239 g/mol. The van der Waals surface area contributed by atoms with Crippen LogP contribution in [0.15, 0.2) is 5.10 Å². The molecule has 0 saturated heterocycles. The van der Waals surface area contributed by atoms with Gasteiger partial charge in [0.2, 0.25) is 0 Å². The lowest BCUT2D eigenvalue weighted by molar-refractivity contribution is -0.122. The van der Waals surface area contributed by atoms with Crippen molar-refractivity contribution in [1.29, 1.82) is 0 Å². The summed E-state index contributed by atoms with van der Waals surface area (Å²) in [6.07, 6.45) is 8.29. The molecule has 1 rings (SSSR count). The summed E-state index contributed by atoms with van der Waals surface area (Å²) in [5.74, 6) is 0.554. The number of hydrazone groups is 1. The summed E-state index contributed by atoms with van der Waals surface area (Å²) in [5, 5.41) is 4.07. The Morgan fingerprint density at radius 1 is 1.29 bits per heavy atom. The molecule has 1 saturated carbocycles. The summed E-state index contributed by atoms with van der Waals surface area (Å²) < 4.78 is 0. The SMILES string of the molecule is CCN(CC)CC(=O)N/N=C\C1CCCCC1. The van der Waals surface area contributed by atoms with Gasteiger partial charge >= 0.3 is 0 Å². The van der Waals surface area contributed by atoms with Gasteiger partial charge < -0.3 is 0 Å². The van der Waals surface area contributed by atoms with Crippen LogP contribution in [0.5, 0.6) is 0 Å². The molecule has 0 aromatic carbocycles. The fourth-order valence-corrected chi connectivity index (χ4v) is 2.18. The summed E-state index contributed by atoms with van der Waals surface area (Å²) in [7, 11) is 0. The van der Waals surface area contributed by atoms with Crippen LogP contribution >= 0.6 is 0 Å². The Morgan fingerprint density at radius 3 is 2.53 bits per heavy atom. The highest BCUT2D eigenvalue weighted by Crippen LogP contribution is 2.21. The van der Waals surface area contributed by atoms with Gasteiger partial charge in [0.25, 0.3) is 5.91 Å². The molecule has 4 nitrogen and oxygen atoms in total. The van der Waals surface area contributed by atoms with Crippen LogP contribution in [0.25, 0.3) is 0 Å². The summed E-state index contributed by atoms with van der Waals surface area (Å²) in [5.41, 5.74) is 2.62. The second kappa shape index (κ2) is 8.23. The van der Waals surface area contributed by atoms with E-state index in [2.05, 4.69) is 29.3 Å². The first-order valence-electron chi connectivity index (χ1n) is 6.80. The third-order valence-electron chi connectivity index (χ3n) is 3.39. The van der Waals surface area contributed by atoms with E-state index in [1.165, 1.54) is 32.1 Å². The maximum absolute atomic E-state index is 11.5. The van der Waals surface area contributed by atoms with Crippen LogP contribution in [0.4, 0.5) is 0 Å². The molecule has 0 atom stereocenters. The topological polar surface area (TPSA) is 44.7 Å². The highest BCUT2D eigenvalue weighted by atomic mass is 16.2. The summed E-state index contributed by atoms with van der Waals surface area (Å²) >= 11 is 0. The van der Waals surface area contributed by atoms with Crippen molar-refractivity contribution in [3.63, 3.8) is 0 Å². The van der Waals surface area contributed by atoms with Crippen molar-refractivity contribution < 1.29 is 4.79 Å². The van der Waals surface area contributed by atoms with Crippen molar-refractivity contribution in [2.24, 2.45) is 11.0 Å². The average Bonchev–Trinajstić information content (AvgIpc) is 2.37. The fourth-order valence-electron chi connectivity index (χ4n) is 2.18. The van der Waals surface area contributed by atoms with E-state index in [-0.39, 0.29) is 5.91 Å². The maximum atomic E-state index is 11.5. The van der Waals surface area contributed by atoms with E-state index in [0.717, 1.165) is 13.1 Å². The fraction of sp³-hybridized carbons (Fsp3) is 0.846. The van der Waals surface area contributed by atoms with Crippen molar-refractivity contribution in [3.05, 3.63) is 0 Å². The third-order valence-corrected chi connectivity index (χ3v) is 3.39. The van der Waals surface area contributed by atoms with Crippen LogP contribution in [0, 0.1) is 5.92 Å². The standard InChI is InChI=1S/C13H25N3O/c1-3-16(4-2)11-13(17)15-14-10-12-8-6-5-7-9-12/h10,12H,3-9,11H2,1-2H3,(H,15,17)/b14-10-. The number of hydrogen-bond donors (Lipinski definition) is 1. The van der Waals surface area contributed by atoms with Gasteiger partial charge in [-0.25, -0.2) is 5.43 Å². The third kappa shape index (κ3) is 5.82. The van der Waals surface area contributed by atoms with Crippen molar-refractivity contribution in [1.82, 2.24) is 10.3 Å². The van der Waals surface area contributed by atoms with E-state index in [9.17, 15) is 4.79 Å². The van der Waals surface area contributed by atoms with E-state index in [0.29, 0.717) is 12.5 Å². The van der Waals surface area contributed by atoms with Crippen LogP contribution < -0.4 is 5.43 Å². The summed E-state index contributed by atoms with van der Waals surface area (Å²) in [6, 6.07) is 0. The van der Waals surface area contributed by atoms with Crippen LogP contribution in [0.3, 0.4) is 0 Å². The first-order chi connectivity index (χ1) is 8.26. The predicted octanol–water partition coefficient (Wildman–Crippen LogP) is 2.01. The molecule has 0 aromatic heterocycles. The lowest BCUT2D eigenvalue weighted by Crippen LogP contribution is -2.35. The van der Waals surface area contributed by atoms with Gasteiger partial charge in [0.1, 0.15) is 0 Å². The Bertz CT molecular complexity index is 243. The Labute approximate surface area is 104 Å². The molecule has 1 fully saturated rings. The molecule has 0 unspecified atom stereocenters. The van der Waals surface area contributed by atoms with Crippen LogP contribution in [0.2, 0.25) is 0 Å². The molecule has 1 aliphatic rings. The lowest BCUT2D eigenvalue weighted by Gasteiger charge is -2.17. The van der Waals surface area contributed by atoms with E-state index < -0.39 is 0 Å². The Hall–Kier alpha value is -0.900. The van der Waals surface area contributed by atoms with Crippen molar-refractivity contribution in [3.8, 4) is 0 Å². The van der Waals surface area contributed by atoms with Gasteiger partial charge in [-0.1, -0.05) is 33.1 Å². The Morgan fingerprint density at radius 2 is 1.94 bits per heavy atom. The number of nitrogens with zero attached hydrogens (tertiary/aromatic N) is 2. The first-order valence-corrected chi connectivity index (χ1v) is 6.80. The second-order valence-corrected chi connectivity index (χ2v) is 4.67. The second-order valence-electron chi connectivity index (χ2n) is 4.67. The van der Waals surface area contributed by atoms with Gasteiger partial charge in [-0.2, -0.15) is 5.10 Å². The number of hydrogen-bond acceptors (Lipinski definition) is 3. The molecule has 0 aromatic rings. The van der Waals surface area contributed by atoms with E-state index in [4.69, 9.17) is 0 Å². The molecular weight excluding hydrogens is 214 g/mol. The zero-order chi connectivity index (χ0) is 12.5. The van der Waals surface area contributed by atoms with Gasteiger partial charge in [0.15, 0.2) is 0 Å². The number of nitrogens with one attached hydrogen (secondary N) is 1. The lowest BCUT2D eigenvalue weighted by atomic mass is 9.90. The molecule has 0 radical (unpaired) electrons. The highest BCUT2D eigenvalue weighted by molar-refractivity contribution is 5.78. The first kappa shape index (κ1) is 14.2. The molecule has 0 bridgehead atoms. The predicted molar refractivity (Wildman–Crippen MR) is 71.0 cm³/mol. The van der Waals surface area contributed by atoms with Crippen LogP contribution in [-0.2, 0) is 4.79 Å².